The maximum absolute atomic E-state index is 13.9. The molecule has 1 N–H and O–H groups in total. The molecular formula is C24H28F2N4. The predicted octanol–water partition coefficient (Wildman–Crippen LogP) is 5.63. The van der Waals surface area contributed by atoms with Crippen LogP contribution in [0.4, 0.5) is 14.7 Å². The van der Waals surface area contributed by atoms with Gasteiger partial charge in [0.25, 0.3) is 5.92 Å². The molecule has 3 aromatic rings. The van der Waals surface area contributed by atoms with Gasteiger partial charge in [-0.1, -0.05) is 30.3 Å². The first kappa shape index (κ1) is 20.5. The summed E-state index contributed by atoms with van der Waals surface area (Å²) in [6, 6.07) is 8.73. The van der Waals surface area contributed by atoms with Crippen LogP contribution in [0.5, 0.6) is 0 Å². The Bertz CT molecular complexity index is 1030. The second kappa shape index (κ2) is 8.54. The van der Waals surface area contributed by atoms with Crippen molar-refractivity contribution in [3.05, 3.63) is 65.5 Å². The fourth-order valence-electron chi connectivity index (χ4n) is 3.66. The summed E-state index contributed by atoms with van der Waals surface area (Å²) in [6.07, 6.45) is 9.34. The molecule has 1 fully saturated rings. The third-order valence-corrected chi connectivity index (χ3v) is 5.68. The molecule has 4 rings (SSSR count). The zero-order chi connectivity index (χ0) is 21.1. The lowest BCUT2D eigenvalue weighted by atomic mass is 10.0. The monoisotopic (exact) mass is 410 g/mol. The summed E-state index contributed by atoms with van der Waals surface area (Å²) in [5.41, 5.74) is 4.09. The molecule has 30 heavy (non-hydrogen) atoms. The lowest BCUT2D eigenvalue weighted by Gasteiger charge is -2.12. The standard InChI is InChI=1S/C24H28F2N4/c1-3-13-24(25,26)19-11-9-17(10-12-19)5-4-6-20-14-22-21(16-27-20)29-23(30(22)2)28-15-18-7-8-18/h3,9-14,16,18H,4-8,15H2,1-2H3,(H,28,29)/b13-3+. The molecule has 0 atom stereocenters. The number of fused-ring (bicyclic) bond motifs is 1. The van der Waals surface area contributed by atoms with Crippen LogP contribution in [-0.4, -0.2) is 21.1 Å². The molecule has 2 aromatic heterocycles. The predicted molar refractivity (Wildman–Crippen MR) is 117 cm³/mol. The quantitative estimate of drug-likeness (QED) is 0.465. The largest absolute Gasteiger partial charge is 0.355 e. The van der Waals surface area contributed by atoms with Crippen molar-refractivity contribution in [1.29, 1.82) is 0 Å². The number of hydrogen-bond donors (Lipinski definition) is 1. The van der Waals surface area contributed by atoms with Gasteiger partial charge in [0.1, 0.15) is 5.52 Å². The van der Waals surface area contributed by atoms with Gasteiger partial charge in [-0.3, -0.25) is 4.98 Å². The Morgan fingerprint density at radius 2 is 1.97 bits per heavy atom. The molecule has 0 unspecified atom stereocenters. The summed E-state index contributed by atoms with van der Waals surface area (Å²) < 4.78 is 29.9. The van der Waals surface area contributed by atoms with Gasteiger partial charge in [-0.05, 0) is 62.7 Å². The number of anilines is 1. The van der Waals surface area contributed by atoms with Crippen LogP contribution in [0.2, 0.25) is 0 Å². The van der Waals surface area contributed by atoms with E-state index in [1.54, 1.807) is 19.1 Å². The minimum atomic E-state index is -2.91. The van der Waals surface area contributed by atoms with Crippen LogP contribution < -0.4 is 5.32 Å². The third kappa shape index (κ3) is 4.69. The molecule has 1 aromatic carbocycles. The van der Waals surface area contributed by atoms with E-state index in [9.17, 15) is 8.78 Å². The van der Waals surface area contributed by atoms with Crippen molar-refractivity contribution in [2.45, 2.75) is 45.0 Å². The Labute approximate surface area is 176 Å². The maximum Gasteiger partial charge on any atom is 0.291 e. The van der Waals surface area contributed by atoms with E-state index < -0.39 is 5.92 Å². The number of imidazole rings is 1. The third-order valence-electron chi connectivity index (χ3n) is 5.68. The Hall–Kier alpha value is -2.76. The van der Waals surface area contributed by atoms with E-state index in [4.69, 9.17) is 0 Å². The summed E-state index contributed by atoms with van der Waals surface area (Å²) in [6.45, 7) is 2.58. The van der Waals surface area contributed by atoms with E-state index in [-0.39, 0.29) is 5.56 Å². The topological polar surface area (TPSA) is 42.7 Å². The molecule has 2 heterocycles. The maximum atomic E-state index is 13.9. The first-order chi connectivity index (χ1) is 14.5. The number of aromatic nitrogens is 3. The number of alkyl halides is 2. The van der Waals surface area contributed by atoms with Gasteiger partial charge in [0.05, 0.1) is 11.7 Å². The van der Waals surface area contributed by atoms with Crippen LogP contribution in [0.15, 0.2) is 48.7 Å². The van der Waals surface area contributed by atoms with Crippen molar-refractivity contribution < 1.29 is 8.78 Å². The van der Waals surface area contributed by atoms with Gasteiger partial charge in [0.15, 0.2) is 0 Å². The van der Waals surface area contributed by atoms with Crippen LogP contribution in [-0.2, 0) is 25.8 Å². The Balaban J connectivity index is 1.36. The molecule has 4 nitrogen and oxygen atoms in total. The van der Waals surface area contributed by atoms with E-state index >= 15 is 0 Å². The van der Waals surface area contributed by atoms with Crippen molar-refractivity contribution >= 4 is 17.0 Å². The van der Waals surface area contributed by atoms with Crippen molar-refractivity contribution in [1.82, 2.24) is 14.5 Å². The molecule has 0 amide bonds. The van der Waals surface area contributed by atoms with E-state index in [0.717, 1.165) is 66.0 Å². The average molecular weight is 411 g/mol. The van der Waals surface area contributed by atoms with Gasteiger partial charge in [0.2, 0.25) is 5.95 Å². The van der Waals surface area contributed by atoms with Gasteiger partial charge in [-0.15, -0.1) is 0 Å². The SMILES string of the molecule is C/C=C/C(F)(F)c1ccc(CCCc2cc3c(cn2)nc(NCC2CC2)n3C)cc1. The highest BCUT2D eigenvalue weighted by atomic mass is 19.3. The van der Waals surface area contributed by atoms with E-state index in [1.165, 1.54) is 31.1 Å². The van der Waals surface area contributed by atoms with Gasteiger partial charge in [-0.25, -0.2) is 4.98 Å². The number of rotatable bonds is 9. The second-order valence-corrected chi connectivity index (χ2v) is 8.16. The van der Waals surface area contributed by atoms with E-state index in [2.05, 4.69) is 25.9 Å². The minimum absolute atomic E-state index is 0.0266. The summed E-state index contributed by atoms with van der Waals surface area (Å²) in [5, 5.41) is 3.44. The number of benzene rings is 1. The van der Waals surface area contributed by atoms with Crippen molar-refractivity contribution in [2.75, 3.05) is 11.9 Å². The number of aryl methyl sites for hydroxylation is 3. The van der Waals surface area contributed by atoms with Crippen LogP contribution in [0, 0.1) is 5.92 Å². The van der Waals surface area contributed by atoms with Gasteiger partial charge < -0.3 is 9.88 Å². The van der Waals surface area contributed by atoms with Crippen molar-refractivity contribution in [3.63, 3.8) is 0 Å². The number of halogens is 2. The summed E-state index contributed by atoms with van der Waals surface area (Å²) in [4.78, 5) is 9.20. The number of nitrogens with one attached hydrogen (secondary N) is 1. The number of nitrogens with zero attached hydrogens (tertiary/aromatic N) is 3. The van der Waals surface area contributed by atoms with E-state index in [1.807, 2.05) is 13.2 Å². The lowest BCUT2D eigenvalue weighted by Crippen LogP contribution is -2.09. The molecule has 0 aliphatic heterocycles. The smallest absolute Gasteiger partial charge is 0.291 e. The first-order valence-electron chi connectivity index (χ1n) is 10.6. The van der Waals surface area contributed by atoms with Gasteiger partial charge in [-0.2, -0.15) is 8.78 Å². The number of allylic oxidation sites excluding steroid dienone is 2. The Morgan fingerprint density at radius 1 is 1.20 bits per heavy atom. The first-order valence-corrected chi connectivity index (χ1v) is 10.6. The number of hydrogen-bond acceptors (Lipinski definition) is 3. The zero-order valence-electron chi connectivity index (χ0n) is 17.5. The summed E-state index contributed by atoms with van der Waals surface area (Å²) in [5.74, 6) is -1.23. The highest BCUT2D eigenvalue weighted by molar-refractivity contribution is 5.78. The number of pyridine rings is 1. The molecule has 1 aliphatic carbocycles. The lowest BCUT2D eigenvalue weighted by molar-refractivity contribution is 0.0520. The normalized spacial score (nSPS) is 14.7. The molecule has 1 saturated carbocycles. The van der Waals surface area contributed by atoms with Crippen LogP contribution in [0.25, 0.3) is 11.0 Å². The Morgan fingerprint density at radius 3 is 2.67 bits per heavy atom. The van der Waals surface area contributed by atoms with Gasteiger partial charge >= 0.3 is 0 Å². The molecule has 1 aliphatic rings. The molecule has 0 radical (unpaired) electrons. The molecule has 158 valence electrons. The average Bonchev–Trinajstić information content (AvgIpc) is 3.51. The summed E-state index contributed by atoms with van der Waals surface area (Å²) in [7, 11) is 2.03. The Kier molecular flexibility index (Phi) is 5.84. The van der Waals surface area contributed by atoms with E-state index in [0.29, 0.717) is 0 Å². The van der Waals surface area contributed by atoms with Crippen LogP contribution >= 0.6 is 0 Å². The molecular weight excluding hydrogens is 382 g/mol. The fraction of sp³-hybridized carbons (Fsp3) is 0.417. The van der Waals surface area contributed by atoms with Crippen LogP contribution in [0.1, 0.15) is 43.0 Å². The molecule has 6 heteroatoms. The minimum Gasteiger partial charge on any atom is -0.355 e. The second-order valence-electron chi connectivity index (χ2n) is 8.16. The zero-order valence-corrected chi connectivity index (χ0v) is 17.5. The van der Waals surface area contributed by atoms with Gasteiger partial charge in [0, 0.05) is 24.8 Å². The highest BCUT2D eigenvalue weighted by Crippen LogP contribution is 2.30. The fourth-order valence-corrected chi connectivity index (χ4v) is 3.66. The van der Waals surface area contributed by atoms with Crippen molar-refractivity contribution in [3.8, 4) is 0 Å². The summed E-state index contributed by atoms with van der Waals surface area (Å²) >= 11 is 0. The van der Waals surface area contributed by atoms with Crippen molar-refractivity contribution in [2.24, 2.45) is 13.0 Å². The molecule has 0 bridgehead atoms. The molecule has 0 spiro atoms. The van der Waals surface area contributed by atoms with Crippen LogP contribution in [0.3, 0.4) is 0 Å². The molecule has 0 saturated heterocycles. The highest BCUT2D eigenvalue weighted by Gasteiger charge is 2.27.